The quantitative estimate of drug-likeness (QED) is 0.778. The predicted octanol–water partition coefficient (Wildman–Crippen LogP) is 1.07. The van der Waals surface area contributed by atoms with Crippen molar-refractivity contribution in [1.82, 2.24) is 0 Å². The number of carbonyl (C=O) groups is 1. The van der Waals surface area contributed by atoms with Crippen molar-refractivity contribution in [1.29, 1.82) is 0 Å². The molecule has 3 N–H and O–H groups in total. The summed E-state index contributed by atoms with van der Waals surface area (Å²) in [5.41, 5.74) is 5.53. The molecule has 0 spiro atoms. The van der Waals surface area contributed by atoms with E-state index in [1.165, 1.54) is 0 Å². The van der Waals surface area contributed by atoms with Gasteiger partial charge in [-0.3, -0.25) is 9.35 Å². The molecule has 0 atom stereocenters. The molecule has 5 nitrogen and oxygen atoms in total. The Balaban J connectivity index is 0.000000293. The molecule has 0 aromatic heterocycles. The van der Waals surface area contributed by atoms with Crippen LogP contribution in [0, 0.1) is 0 Å². The molecule has 0 fully saturated rings. The number of benzene rings is 1. The Kier molecular flexibility index (Phi) is 6.36. The molecule has 1 amide bonds. The van der Waals surface area contributed by atoms with Gasteiger partial charge in [0.1, 0.15) is 0 Å². The summed E-state index contributed by atoms with van der Waals surface area (Å²) in [5, 5.41) is 0. The Bertz CT molecular complexity index is 414. The van der Waals surface area contributed by atoms with E-state index in [0.29, 0.717) is 12.0 Å². The highest BCUT2D eigenvalue weighted by atomic mass is 32.2. The van der Waals surface area contributed by atoms with Crippen LogP contribution in [0.4, 0.5) is 0 Å². The first-order valence-electron chi connectivity index (χ1n) is 4.67. The molecule has 0 bridgehead atoms. The van der Waals surface area contributed by atoms with Crippen molar-refractivity contribution in [3.05, 3.63) is 35.9 Å². The molecular weight excluding hydrogens is 230 g/mol. The molecule has 90 valence electrons. The molecule has 0 unspecified atom stereocenters. The SMILES string of the molecule is CCCS(=O)(=O)O.NC(=O)c1ccccc1. The Hall–Kier alpha value is -1.40. The number of amides is 1. The third kappa shape index (κ3) is 7.95. The molecule has 0 aliphatic rings. The highest BCUT2D eigenvalue weighted by Gasteiger charge is 1.98. The van der Waals surface area contributed by atoms with Crippen LogP contribution in [0.5, 0.6) is 0 Å². The summed E-state index contributed by atoms with van der Waals surface area (Å²) in [5.74, 6) is -0.511. The number of rotatable bonds is 3. The van der Waals surface area contributed by atoms with Gasteiger partial charge in [0.2, 0.25) is 5.91 Å². The van der Waals surface area contributed by atoms with Gasteiger partial charge in [-0.05, 0) is 18.6 Å². The summed E-state index contributed by atoms with van der Waals surface area (Å²) in [7, 11) is -3.67. The molecule has 1 rings (SSSR count). The summed E-state index contributed by atoms with van der Waals surface area (Å²) in [6.45, 7) is 1.69. The van der Waals surface area contributed by atoms with Crippen LogP contribution in [0.3, 0.4) is 0 Å². The predicted molar refractivity (Wildman–Crippen MR) is 61.7 cm³/mol. The van der Waals surface area contributed by atoms with Gasteiger partial charge >= 0.3 is 0 Å². The number of nitrogens with two attached hydrogens (primary N) is 1. The van der Waals surface area contributed by atoms with Crippen LogP contribution in [-0.2, 0) is 10.1 Å². The van der Waals surface area contributed by atoms with Gasteiger partial charge in [0.15, 0.2) is 0 Å². The Morgan fingerprint density at radius 3 is 2.00 bits per heavy atom. The van der Waals surface area contributed by atoms with Gasteiger partial charge < -0.3 is 5.73 Å². The molecule has 6 heteroatoms. The molecule has 0 heterocycles. The molecule has 16 heavy (non-hydrogen) atoms. The van der Waals surface area contributed by atoms with Gasteiger partial charge in [-0.1, -0.05) is 25.1 Å². The zero-order valence-corrected chi connectivity index (χ0v) is 9.78. The lowest BCUT2D eigenvalue weighted by Gasteiger charge is -1.89. The standard InChI is InChI=1S/C7H7NO.C3H8O3S/c8-7(9)6-4-2-1-3-5-6;1-2-3-7(4,5)6/h1-5H,(H2,8,9);2-3H2,1H3,(H,4,5,6). The zero-order valence-electron chi connectivity index (χ0n) is 8.96. The lowest BCUT2D eigenvalue weighted by molar-refractivity contribution is 0.100. The van der Waals surface area contributed by atoms with E-state index in [1.807, 2.05) is 6.07 Å². The van der Waals surface area contributed by atoms with Crippen molar-refractivity contribution >= 4 is 16.0 Å². The van der Waals surface area contributed by atoms with Gasteiger partial charge in [-0.2, -0.15) is 8.42 Å². The summed E-state index contributed by atoms with van der Waals surface area (Å²) >= 11 is 0. The average Bonchev–Trinajstić information content (AvgIpc) is 2.18. The maximum atomic E-state index is 10.4. The molecule has 0 aliphatic carbocycles. The molecule has 0 saturated carbocycles. The molecule has 0 aliphatic heterocycles. The summed E-state index contributed by atoms with van der Waals surface area (Å²) in [6.07, 6.45) is 0.471. The zero-order chi connectivity index (χ0) is 12.6. The van der Waals surface area contributed by atoms with Crippen molar-refractivity contribution < 1.29 is 17.8 Å². The molecule has 1 aromatic carbocycles. The van der Waals surface area contributed by atoms with Crippen LogP contribution in [0.15, 0.2) is 30.3 Å². The topological polar surface area (TPSA) is 97.5 Å². The first-order valence-corrected chi connectivity index (χ1v) is 6.27. The van der Waals surface area contributed by atoms with Crippen molar-refractivity contribution in [3.8, 4) is 0 Å². The Morgan fingerprint density at radius 2 is 1.81 bits per heavy atom. The van der Waals surface area contributed by atoms with Crippen molar-refractivity contribution in [2.24, 2.45) is 5.73 Å². The summed E-state index contributed by atoms with van der Waals surface area (Å²) in [6, 6.07) is 8.76. The van der Waals surface area contributed by atoms with E-state index < -0.39 is 10.1 Å². The molecular formula is C10H15NO4S. The molecule has 0 saturated heterocycles. The number of carbonyl (C=O) groups excluding carboxylic acids is 1. The monoisotopic (exact) mass is 245 g/mol. The van der Waals surface area contributed by atoms with E-state index in [4.69, 9.17) is 10.3 Å². The Morgan fingerprint density at radius 1 is 1.31 bits per heavy atom. The van der Waals surface area contributed by atoms with Crippen LogP contribution in [-0.4, -0.2) is 24.6 Å². The second-order valence-electron chi connectivity index (χ2n) is 3.02. The lowest BCUT2D eigenvalue weighted by Crippen LogP contribution is -2.09. The second kappa shape index (κ2) is 6.97. The fraction of sp³-hybridized carbons (Fsp3) is 0.300. The average molecular weight is 245 g/mol. The van der Waals surface area contributed by atoms with Crippen molar-refractivity contribution in [2.75, 3.05) is 5.75 Å². The van der Waals surface area contributed by atoms with Gasteiger partial charge in [0.25, 0.3) is 10.1 Å². The smallest absolute Gasteiger partial charge is 0.264 e. The van der Waals surface area contributed by atoms with E-state index >= 15 is 0 Å². The van der Waals surface area contributed by atoms with Crippen LogP contribution < -0.4 is 5.73 Å². The van der Waals surface area contributed by atoms with Crippen molar-refractivity contribution in [2.45, 2.75) is 13.3 Å². The van der Waals surface area contributed by atoms with Crippen molar-refractivity contribution in [3.63, 3.8) is 0 Å². The molecule has 1 aromatic rings. The maximum absolute atomic E-state index is 10.4. The normalized spacial score (nSPS) is 10.1. The summed E-state index contributed by atoms with van der Waals surface area (Å²) in [4.78, 5) is 10.4. The van der Waals surface area contributed by atoms with Gasteiger partial charge in [0.05, 0.1) is 5.75 Å². The number of hydrogen-bond donors (Lipinski definition) is 2. The maximum Gasteiger partial charge on any atom is 0.264 e. The van der Waals surface area contributed by atoms with E-state index in [9.17, 15) is 13.2 Å². The first-order chi connectivity index (χ1) is 7.37. The third-order valence-corrected chi connectivity index (χ3v) is 2.44. The van der Waals surface area contributed by atoms with Crippen LogP contribution >= 0.6 is 0 Å². The highest BCUT2D eigenvalue weighted by molar-refractivity contribution is 7.85. The van der Waals surface area contributed by atoms with Crippen LogP contribution in [0.2, 0.25) is 0 Å². The Labute approximate surface area is 95.0 Å². The van der Waals surface area contributed by atoms with Gasteiger partial charge in [-0.15, -0.1) is 0 Å². The fourth-order valence-electron chi connectivity index (χ4n) is 0.860. The van der Waals surface area contributed by atoms with E-state index in [0.717, 1.165) is 0 Å². The van der Waals surface area contributed by atoms with E-state index in [-0.39, 0.29) is 11.7 Å². The highest BCUT2D eigenvalue weighted by Crippen LogP contribution is 1.94. The van der Waals surface area contributed by atoms with Crippen LogP contribution in [0.1, 0.15) is 23.7 Å². The largest absolute Gasteiger partial charge is 0.366 e. The van der Waals surface area contributed by atoms with Gasteiger partial charge in [-0.25, -0.2) is 0 Å². The van der Waals surface area contributed by atoms with Crippen LogP contribution in [0.25, 0.3) is 0 Å². The fourth-order valence-corrected chi connectivity index (χ4v) is 1.38. The number of primary amides is 1. The number of hydrogen-bond acceptors (Lipinski definition) is 3. The lowest BCUT2D eigenvalue weighted by atomic mass is 10.2. The first kappa shape index (κ1) is 14.6. The third-order valence-electron chi connectivity index (χ3n) is 1.52. The van der Waals surface area contributed by atoms with E-state index in [1.54, 1.807) is 31.2 Å². The second-order valence-corrected chi connectivity index (χ2v) is 4.59. The minimum absolute atomic E-state index is 0.132. The van der Waals surface area contributed by atoms with E-state index in [2.05, 4.69) is 0 Å². The minimum Gasteiger partial charge on any atom is -0.366 e. The summed E-state index contributed by atoms with van der Waals surface area (Å²) < 4.78 is 27.6. The molecule has 0 radical (unpaired) electrons. The minimum atomic E-state index is -3.67. The van der Waals surface area contributed by atoms with Gasteiger partial charge in [0, 0.05) is 5.56 Å².